The van der Waals surface area contributed by atoms with Crippen LogP contribution >= 0.6 is 0 Å². The van der Waals surface area contributed by atoms with E-state index < -0.39 is 6.10 Å². The Morgan fingerprint density at radius 3 is 2.67 bits per heavy atom. The lowest BCUT2D eigenvalue weighted by molar-refractivity contribution is 0.220. The molecule has 9 heavy (non-hydrogen) atoms. The second kappa shape index (κ2) is 2.55. The van der Waals surface area contributed by atoms with Crippen LogP contribution in [0, 0.1) is 6.92 Å². The van der Waals surface area contributed by atoms with Gasteiger partial charge in [0.2, 0.25) is 0 Å². The fraction of sp³-hybridized carbons (Fsp3) is 0.167. The Labute approximate surface area is 53.4 Å². The molecule has 0 aliphatic carbocycles. The summed E-state index contributed by atoms with van der Waals surface area (Å²) >= 11 is 0. The van der Waals surface area contributed by atoms with Crippen LogP contribution in [0.25, 0.3) is 0 Å². The summed E-state index contributed by atoms with van der Waals surface area (Å²) in [6.45, 7) is 3.36. The average molecular weight is 123 g/mol. The number of aromatic nitrogens is 2. The summed E-state index contributed by atoms with van der Waals surface area (Å²) in [4.78, 5) is 7.55. The Balaban J connectivity index is 2.85. The Morgan fingerprint density at radius 1 is 1.56 bits per heavy atom. The number of hydrogen-bond acceptors (Lipinski definition) is 3. The molecule has 0 saturated heterocycles. The van der Waals surface area contributed by atoms with Crippen LogP contribution < -0.4 is 0 Å². The molecule has 1 unspecified atom stereocenters. The van der Waals surface area contributed by atoms with Crippen molar-refractivity contribution < 1.29 is 5.11 Å². The van der Waals surface area contributed by atoms with Crippen molar-refractivity contribution >= 4 is 0 Å². The van der Waals surface area contributed by atoms with Gasteiger partial charge in [0, 0.05) is 12.4 Å². The van der Waals surface area contributed by atoms with Gasteiger partial charge >= 0.3 is 0 Å². The van der Waals surface area contributed by atoms with Crippen molar-refractivity contribution in [3.8, 4) is 0 Å². The molecule has 0 aliphatic heterocycles. The van der Waals surface area contributed by atoms with Crippen LogP contribution in [0.15, 0.2) is 18.6 Å². The third-order valence-corrected chi connectivity index (χ3v) is 0.925. The van der Waals surface area contributed by atoms with Crippen LogP contribution in [-0.2, 0) is 0 Å². The van der Waals surface area contributed by atoms with Gasteiger partial charge in [0.05, 0.1) is 18.0 Å². The molecule has 0 bridgehead atoms. The fourth-order valence-corrected chi connectivity index (χ4v) is 0.483. The van der Waals surface area contributed by atoms with E-state index in [2.05, 4.69) is 16.9 Å². The second-order valence-electron chi connectivity index (χ2n) is 1.65. The predicted molar refractivity (Wildman–Crippen MR) is 32.3 cm³/mol. The van der Waals surface area contributed by atoms with Crippen molar-refractivity contribution in [1.82, 2.24) is 9.97 Å². The van der Waals surface area contributed by atoms with E-state index in [4.69, 9.17) is 5.11 Å². The predicted octanol–water partition coefficient (Wildman–Crippen LogP) is 0.344. The zero-order chi connectivity index (χ0) is 6.69. The van der Waals surface area contributed by atoms with E-state index in [1.807, 2.05) is 0 Å². The van der Waals surface area contributed by atoms with Crippen LogP contribution in [-0.4, -0.2) is 15.1 Å². The third-order valence-electron chi connectivity index (χ3n) is 0.925. The highest BCUT2D eigenvalue weighted by atomic mass is 16.3. The normalized spacial score (nSPS) is 13.1. The van der Waals surface area contributed by atoms with Crippen molar-refractivity contribution in [2.75, 3.05) is 0 Å². The van der Waals surface area contributed by atoms with Gasteiger partial charge in [-0.3, -0.25) is 9.97 Å². The summed E-state index contributed by atoms with van der Waals surface area (Å²) in [6, 6.07) is 0. The highest BCUT2D eigenvalue weighted by Crippen LogP contribution is 2.03. The summed E-state index contributed by atoms with van der Waals surface area (Å²) in [5.41, 5.74) is 0.498. The maximum absolute atomic E-state index is 8.81. The van der Waals surface area contributed by atoms with Gasteiger partial charge in [-0.1, -0.05) is 0 Å². The Hall–Kier alpha value is -0.960. The van der Waals surface area contributed by atoms with Gasteiger partial charge in [-0.2, -0.15) is 0 Å². The number of rotatable bonds is 1. The van der Waals surface area contributed by atoms with Gasteiger partial charge in [0.15, 0.2) is 0 Å². The van der Waals surface area contributed by atoms with Gasteiger partial charge < -0.3 is 5.11 Å². The van der Waals surface area contributed by atoms with Crippen molar-refractivity contribution in [3.63, 3.8) is 0 Å². The molecule has 1 atom stereocenters. The highest BCUT2D eigenvalue weighted by molar-refractivity contribution is 4.99. The van der Waals surface area contributed by atoms with E-state index in [-0.39, 0.29) is 0 Å². The van der Waals surface area contributed by atoms with Gasteiger partial charge in [-0.15, -0.1) is 0 Å². The van der Waals surface area contributed by atoms with E-state index in [0.29, 0.717) is 5.69 Å². The maximum atomic E-state index is 8.81. The minimum absolute atomic E-state index is 0.498. The van der Waals surface area contributed by atoms with Crippen LogP contribution in [0.5, 0.6) is 0 Å². The molecule has 0 aromatic carbocycles. The molecule has 47 valence electrons. The number of hydrogen-bond donors (Lipinski definition) is 1. The molecule has 0 saturated carbocycles. The van der Waals surface area contributed by atoms with E-state index in [1.54, 1.807) is 6.20 Å². The standard InChI is InChI=1S/C6H7N2O/c1-5(9)6-4-7-2-3-8-6/h2-5,9H,1H2. The monoisotopic (exact) mass is 123 g/mol. The van der Waals surface area contributed by atoms with Crippen LogP contribution in [0.4, 0.5) is 0 Å². The summed E-state index contributed by atoms with van der Waals surface area (Å²) in [5.74, 6) is 0. The molecule has 1 heterocycles. The quantitative estimate of drug-likeness (QED) is 0.585. The van der Waals surface area contributed by atoms with Crippen LogP contribution in [0.1, 0.15) is 11.8 Å². The molecule has 0 fully saturated rings. The van der Waals surface area contributed by atoms with Crippen molar-refractivity contribution in [2.45, 2.75) is 6.10 Å². The van der Waals surface area contributed by atoms with Gasteiger partial charge in [0.1, 0.15) is 0 Å². The first-order valence-corrected chi connectivity index (χ1v) is 2.58. The van der Waals surface area contributed by atoms with Gasteiger partial charge in [0.25, 0.3) is 0 Å². The van der Waals surface area contributed by atoms with E-state index >= 15 is 0 Å². The van der Waals surface area contributed by atoms with Crippen molar-refractivity contribution in [1.29, 1.82) is 0 Å². The van der Waals surface area contributed by atoms with Crippen molar-refractivity contribution in [3.05, 3.63) is 31.2 Å². The Morgan fingerprint density at radius 2 is 2.33 bits per heavy atom. The fourth-order valence-electron chi connectivity index (χ4n) is 0.483. The summed E-state index contributed by atoms with van der Waals surface area (Å²) in [6.07, 6.45) is 3.78. The SMILES string of the molecule is [CH2]C(O)c1cnccn1. The first kappa shape index (κ1) is 6.16. The smallest absolute Gasteiger partial charge is 0.0976 e. The van der Waals surface area contributed by atoms with E-state index in [9.17, 15) is 0 Å². The minimum Gasteiger partial charge on any atom is -0.387 e. The summed E-state index contributed by atoms with van der Waals surface area (Å²) < 4.78 is 0. The zero-order valence-electron chi connectivity index (χ0n) is 4.86. The maximum Gasteiger partial charge on any atom is 0.0976 e. The third kappa shape index (κ3) is 1.47. The van der Waals surface area contributed by atoms with Crippen LogP contribution in [0.3, 0.4) is 0 Å². The lowest BCUT2D eigenvalue weighted by Gasteiger charge is -1.98. The number of aliphatic hydroxyl groups is 1. The molecule has 1 radical (unpaired) electrons. The first-order chi connectivity index (χ1) is 4.30. The summed E-state index contributed by atoms with van der Waals surface area (Å²) in [5, 5.41) is 8.81. The lowest BCUT2D eigenvalue weighted by Crippen LogP contribution is -1.94. The largest absolute Gasteiger partial charge is 0.387 e. The topological polar surface area (TPSA) is 46.0 Å². The average Bonchev–Trinajstić information content (AvgIpc) is 1.90. The van der Waals surface area contributed by atoms with Crippen LogP contribution in [0.2, 0.25) is 0 Å². The number of nitrogens with zero attached hydrogens (tertiary/aromatic N) is 2. The molecule has 3 nitrogen and oxygen atoms in total. The lowest BCUT2D eigenvalue weighted by atomic mass is 10.3. The molecule has 0 aliphatic rings. The van der Waals surface area contributed by atoms with E-state index in [1.165, 1.54) is 12.4 Å². The molecule has 0 amide bonds. The molecule has 0 spiro atoms. The molecule has 1 aromatic heterocycles. The second-order valence-corrected chi connectivity index (χ2v) is 1.65. The minimum atomic E-state index is -0.765. The molecule has 3 heteroatoms. The van der Waals surface area contributed by atoms with E-state index in [0.717, 1.165) is 0 Å². The van der Waals surface area contributed by atoms with Gasteiger partial charge in [-0.05, 0) is 6.92 Å². The molecule has 1 aromatic rings. The van der Waals surface area contributed by atoms with Gasteiger partial charge in [-0.25, -0.2) is 0 Å². The molecular weight excluding hydrogens is 116 g/mol. The Bertz CT molecular complexity index is 174. The Kier molecular flexibility index (Phi) is 1.75. The molecule has 1 rings (SSSR count). The highest BCUT2D eigenvalue weighted by Gasteiger charge is 1.98. The molecule has 1 N–H and O–H groups in total. The first-order valence-electron chi connectivity index (χ1n) is 2.58. The number of aliphatic hydroxyl groups excluding tert-OH is 1. The summed E-state index contributed by atoms with van der Waals surface area (Å²) in [7, 11) is 0. The van der Waals surface area contributed by atoms with Crippen molar-refractivity contribution in [2.24, 2.45) is 0 Å². The zero-order valence-corrected chi connectivity index (χ0v) is 4.86. The molecular formula is C6H7N2O.